The molecule has 0 saturated carbocycles. The third-order valence-electron chi connectivity index (χ3n) is 2.68. The standard InChI is InChI=1S/C14H13ClFNO/c1-8-5-10(6-9(2)17-8)14(18)12-4-3-11(15)7-13(12)16/h3-7,14,18H,1-2H3. The summed E-state index contributed by atoms with van der Waals surface area (Å²) in [4.78, 5) is 4.22. The van der Waals surface area contributed by atoms with Gasteiger partial charge in [-0.1, -0.05) is 17.7 Å². The van der Waals surface area contributed by atoms with E-state index in [1.165, 1.54) is 12.1 Å². The van der Waals surface area contributed by atoms with E-state index in [9.17, 15) is 9.50 Å². The van der Waals surface area contributed by atoms with Crippen LogP contribution < -0.4 is 0 Å². The Morgan fingerprint density at radius 2 is 1.78 bits per heavy atom. The molecule has 4 heteroatoms. The predicted molar refractivity (Wildman–Crippen MR) is 69.2 cm³/mol. The minimum absolute atomic E-state index is 0.212. The minimum Gasteiger partial charge on any atom is -0.384 e. The topological polar surface area (TPSA) is 33.1 Å². The molecule has 0 radical (unpaired) electrons. The van der Waals surface area contributed by atoms with Gasteiger partial charge in [0, 0.05) is 22.0 Å². The first-order chi connectivity index (χ1) is 8.47. The molecular formula is C14H13ClFNO. The maximum absolute atomic E-state index is 13.7. The zero-order valence-corrected chi connectivity index (χ0v) is 10.9. The van der Waals surface area contributed by atoms with E-state index in [0.29, 0.717) is 10.6 Å². The number of rotatable bonds is 2. The number of nitrogens with zero attached hydrogens (tertiary/aromatic N) is 1. The van der Waals surface area contributed by atoms with Gasteiger partial charge >= 0.3 is 0 Å². The summed E-state index contributed by atoms with van der Waals surface area (Å²) < 4.78 is 13.7. The third-order valence-corrected chi connectivity index (χ3v) is 2.91. The Labute approximate surface area is 110 Å². The largest absolute Gasteiger partial charge is 0.384 e. The molecule has 0 amide bonds. The van der Waals surface area contributed by atoms with Crippen molar-refractivity contribution in [2.75, 3.05) is 0 Å². The second-order valence-corrected chi connectivity index (χ2v) is 4.69. The highest BCUT2D eigenvalue weighted by atomic mass is 35.5. The van der Waals surface area contributed by atoms with Crippen LogP contribution in [0, 0.1) is 19.7 Å². The molecule has 1 heterocycles. The van der Waals surface area contributed by atoms with Crippen molar-refractivity contribution in [3.8, 4) is 0 Å². The van der Waals surface area contributed by atoms with Crippen LogP contribution in [0.3, 0.4) is 0 Å². The van der Waals surface area contributed by atoms with Crippen molar-refractivity contribution < 1.29 is 9.50 Å². The van der Waals surface area contributed by atoms with Crippen LogP contribution in [0.4, 0.5) is 4.39 Å². The molecule has 0 saturated heterocycles. The van der Waals surface area contributed by atoms with Gasteiger partial charge in [0.05, 0.1) is 0 Å². The fraction of sp³-hybridized carbons (Fsp3) is 0.214. The van der Waals surface area contributed by atoms with Crippen LogP contribution in [0.5, 0.6) is 0 Å². The third kappa shape index (κ3) is 2.68. The number of aliphatic hydroxyl groups is 1. The molecule has 0 aliphatic heterocycles. The summed E-state index contributed by atoms with van der Waals surface area (Å²) in [6.45, 7) is 3.67. The summed E-state index contributed by atoms with van der Waals surface area (Å²) in [6.07, 6.45) is -1.01. The van der Waals surface area contributed by atoms with E-state index in [-0.39, 0.29) is 5.56 Å². The molecule has 94 valence electrons. The molecule has 0 aliphatic carbocycles. The van der Waals surface area contributed by atoms with E-state index < -0.39 is 11.9 Å². The highest BCUT2D eigenvalue weighted by Gasteiger charge is 2.16. The van der Waals surface area contributed by atoms with Gasteiger partial charge in [0.1, 0.15) is 11.9 Å². The first-order valence-electron chi connectivity index (χ1n) is 5.55. The van der Waals surface area contributed by atoms with E-state index in [4.69, 9.17) is 11.6 Å². The van der Waals surface area contributed by atoms with E-state index in [1.807, 2.05) is 13.8 Å². The molecule has 2 rings (SSSR count). The first kappa shape index (κ1) is 13.0. The van der Waals surface area contributed by atoms with Crippen LogP contribution in [-0.4, -0.2) is 10.1 Å². The van der Waals surface area contributed by atoms with Crippen LogP contribution in [0.15, 0.2) is 30.3 Å². The summed E-state index contributed by atoms with van der Waals surface area (Å²) >= 11 is 5.69. The summed E-state index contributed by atoms with van der Waals surface area (Å²) in [7, 11) is 0. The minimum atomic E-state index is -1.01. The Morgan fingerprint density at radius 1 is 1.17 bits per heavy atom. The van der Waals surface area contributed by atoms with E-state index >= 15 is 0 Å². The molecule has 1 aromatic carbocycles. The van der Waals surface area contributed by atoms with Gasteiger partial charge in [-0.15, -0.1) is 0 Å². The van der Waals surface area contributed by atoms with Crippen molar-refractivity contribution >= 4 is 11.6 Å². The lowest BCUT2D eigenvalue weighted by molar-refractivity contribution is 0.214. The first-order valence-corrected chi connectivity index (χ1v) is 5.93. The summed E-state index contributed by atoms with van der Waals surface area (Å²) in [5, 5.41) is 10.5. The van der Waals surface area contributed by atoms with Gasteiger partial charge in [0.2, 0.25) is 0 Å². The molecule has 18 heavy (non-hydrogen) atoms. The van der Waals surface area contributed by atoms with Crippen LogP contribution in [0.1, 0.15) is 28.6 Å². The molecule has 2 nitrogen and oxygen atoms in total. The average molecular weight is 266 g/mol. The molecule has 1 atom stereocenters. The van der Waals surface area contributed by atoms with E-state index in [2.05, 4.69) is 4.98 Å². The molecule has 1 N–H and O–H groups in total. The molecule has 1 unspecified atom stereocenters. The van der Waals surface area contributed by atoms with Gasteiger partial charge < -0.3 is 5.11 Å². The van der Waals surface area contributed by atoms with Crippen LogP contribution in [-0.2, 0) is 0 Å². The van der Waals surface area contributed by atoms with Crippen molar-refractivity contribution in [1.82, 2.24) is 4.98 Å². The number of halogens is 2. The molecular weight excluding hydrogens is 253 g/mol. The number of pyridine rings is 1. The molecule has 0 spiro atoms. The van der Waals surface area contributed by atoms with Crippen LogP contribution >= 0.6 is 11.6 Å². The van der Waals surface area contributed by atoms with Crippen molar-refractivity contribution in [3.63, 3.8) is 0 Å². The van der Waals surface area contributed by atoms with Gasteiger partial charge in [-0.3, -0.25) is 4.98 Å². The number of benzene rings is 1. The molecule has 0 bridgehead atoms. The Bertz CT molecular complexity index is 566. The van der Waals surface area contributed by atoms with Crippen molar-refractivity contribution in [1.29, 1.82) is 0 Å². The van der Waals surface area contributed by atoms with Crippen molar-refractivity contribution in [3.05, 3.63) is 63.7 Å². The summed E-state index contributed by atoms with van der Waals surface area (Å²) in [5.74, 6) is -0.512. The van der Waals surface area contributed by atoms with Gasteiger partial charge in [0.15, 0.2) is 0 Å². The van der Waals surface area contributed by atoms with Crippen molar-refractivity contribution in [2.45, 2.75) is 20.0 Å². The average Bonchev–Trinajstić information content (AvgIpc) is 2.26. The number of aliphatic hydroxyl groups excluding tert-OH is 1. The lowest BCUT2D eigenvalue weighted by Gasteiger charge is -2.13. The van der Waals surface area contributed by atoms with Gasteiger partial charge in [-0.2, -0.15) is 0 Å². The number of hydrogen-bond donors (Lipinski definition) is 1. The second kappa shape index (κ2) is 5.04. The molecule has 2 aromatic rings. The van der Waals surface area contributed by atoms with Gasteiger partial charge in [-0.05, 0) is 43.7 Å². The normalized spacial score (nSPS) is 12.5. The molecule has 1 aromatic heterocycles. The maximum Gasteiger partial charge on any atom is 0.130 e. The van der Waals surface area contributed by atoms with E-state index in [1.54, 1.807) is 18.2 Å². The van der Waals surface area contributed by atoms with Gasteiger partial charge in [-0.25, -0.2) is 4.39 Å². The molecule has 0 fully saturated rings. The monoisotopic (exact) mass is 265 g/mol. The Hall–Kier alpha value is -1.45. The molecule has 0 aliphatic rings. The smallest absolute Gasteiger partial charge is 0.130 e. The highest BCUT2D eigenvalue weighted by Crippen LogP contribution is 2.26. The van der Waals surface area contributed by atoms with E-state index in [0.717, 1.165) is 11.4 Å². The second-order valence-electron chi connectivity index (χ2n) is 4.25. The fourth-order valence-electron chi connectivity index (χ4n) is 1.93. The lowest BCUT2D eigenvalue weighted by Crippen LogP contribution is -2.04. The Morgan fingerprint density at radius 3 is 2.33 bits per heavy atom. The Kier molecular flexibility index (Phi) is 3.64. The summed E-state index contributed by atoms with van der Waals surface area (Å²) in [6, 6.07) is 7.73. The van der Waals surface area contributed by atoms with Crippen LogP contribution in [0.25, 0.3) is 0 Å². The fourth-order valence-corrected chi connectivity index (χ4v) is 2.09. The maximum atomic E-state index is 13.7. The lowest BCUT2D eigenvalue weighted by atomic mass is 10.0. The Balaban J connectivity index is 2.44. The zero-order valence-electron chi connectivity index (χ0n) is 10.1. The van der Waals surface area contributed by atoms with Gasteiger partial charge in [0.25, 0.3) is 0 Å². The number of aryl methyl sites for hydroxylation is 2. The predicted octanol–water partition coefficient (Wildman–Crippen LogP) is 3.57. The van der Waals surface area contributed by atoms with Crippen molar-refractivity contribution in [2.24, 2.45) is 0 Å². The zero-order chi connectivity index (χ0) is 13.3. The SMILES string of the molecule is Cc1cc(C(O)c2ccc(Cl)cc2F)cc(C)n1. The quantitative estimate of drug-likeness (QED) is 0.900. The number of hydrogen-bond acceptors (Lipinski definition) is 2. The van der Waals surface area contributed by atoms with Crippen LogP contribution in [0.2, 0.25) is 5.02 Å². The highest BCUT2D eigenvalue weighted by molar-refractivity contribution is 6.30. The summed E-state index contributed by atoms with van der Waals surface area (Å²) in [5.41, 5.74) is 2.42. The number of aromatic nitrogens is 1.